The standard InChI is InChI=1S/C15H22BrN/c1-17(15-10-6-5-9-14(15)16)12-11-13-7-3-2-4-8-13/h2-4,7-8,14-15H,5-6,9-12H2,1H3. The van der Waals surface area contributed by atoms with E-state index in [1.54, 1.807) is 0 Å². The Hall–Kier alpha value is -0.340. The van der Waals surface area contributed by atoms with Crippen LogP contribution in [-0.4, -0.2) is 29.4 Å². The molecule has 0 heterocycles. The Bertz CT molecular complexity index is 325. The van der Waals surface area contributed by atoms with Crippen LogP contribution >= 0.6 is 15.9 Å². The molecule has 2 heteroatoms. The molecule has 2 atom stereocenters. The number of hydrogen-bond acceptors (Lipinski definition) is 1. The minimum absolute atomic E-state index is 0.692. The molecule has 1 aliphatic carbocycles. The molecule has 1 aromatic carbocycles. The minimum Gasteiger partial charge on any atom is -0.302 e. The zero-order valence-corrected chi connectivity index (χ0v) is 12.2. The van der Waals surface area contributed by atoms with Crippen molar-refractivity contribution in [2.45, 2.75) is 43.0 Å². The summed E-state index contributed by atoms with van der Waals surface area (Å²) in [6.07, 6.45) is 6.62. The normalized spacial score (nSPS) is 25.1. The zero-order chi connectivity index (χ0) is 12.1. The maximum Gasteiger partial charge on any atom is 0.0301 e. The second-order valence-corrected chi connectivity index (χ2v) is 6.26. The molecule has 0 aliphatic heterocycles. The van der Waals surface area contributed by atoms with Gasteiger partial charge in [-0.15, -0.1) is 0 Å². The summed E-state index contributed by atoms with van der Waals surface area (Å²) in [5, 5.41) is 0. The summed E-state index contributed by atoms with van der Waals surface area (Å²) in [6, 6.07) is 11.5. The van der Waals surface area contributed by atoms with Gasteiger partial charge in [0.2, 0.25) is 0 Å². The highest BCUT2D eigenvalue weighted by Crippen LogP contribution is 2.27. The number of nitrogens with zero attached hydrogens (tertiary/aromatic N) is 1. The molecule has 0 spiro atoms. The number of alkyl halides is 1. The number of hydrogen-bond donors (Lipinski definition) is 0. The van der Waals surface area contributed by atoms with Crippen molar-refractivity contribution in [1.29, 1.82) is 0 Å². The highest BCUT2D eigenvalue weighted by molar-refractivity contribution is 9.09. The molecule has 0 saturated heterocycles. The topological polar surface area (TPSA) is 3.24 Å². The fourth-order valence-corrected chi connectivity index (χ4v) is 3.67. The molecule has 1 fully saturated rings. The van der Waals surface area contributed by atoms with Gasteiger partial charge in [0.1, 0.15) is 0 Å². The summed E-state index contributed by atoms with van der Waals surface area (Å²) in [6.45, 7) is 1.16. The van der Waals surface area contributed by atoms with Gasteiger partial charge in [0, 0.05) is 17.4 Å². The molecule has 0 radical (unpaired) electrons. The SMILES string of the molecule is CN(CCc1ccccc1)C1CCCCC1Br. The highest BCUT2D eigenvalue weighted by atomic mass is 79.9. The van der Waals surface area contributed by atoms with Crippen molar-refractivity contribution in [2.24, 2.45) is 0 Å². The van der Waals surface area contributed by atoms with Crippen molar-refractivity contribution in [3.63, 3.8) is 0 Å². The van der Waals surface area contributed by atoms with Gasteiger partial charge in [-0.3, -0.25) is 0 Å². The molecule has 0 bridgehead atoms. The van der Waals surface area contributed by atoms with Gasteiger partial charge in [-0.05, 0) is 31.9 Å². The average Bonchev–Trinajstić information content (AvgIpc) is 2.38. The molecule has 2 unspecified atom stereocenters. The lowest BCUT2D eigenvalue weighted by Gasteiger charge is -2.35. The van der Waals surface area contributed by atoms with E-state index >= 15 is 0 Å². The lowest BCUT2D eigenvalue weighted by atomic mass is 9.94. The van der Waals surface area contributed by atoms with Crippen LogP contribution in [0.5, 0.6) is 0 Å². The van der Waals surface area contributed by atoms with Crippen molar-refractivity contribution < 1.29 is 0 Å². The second-order valence-electron chi connectivity index (χ2n) is 5.08. The molecular weight excluding hydrogens is 274 g/mol. The molecule has 1 saturated carbocycles. The first-order chi connectivity index (χ1) is 8.27. The van der Waals surface area contributed by atoms with E-state index in [0.29, 0.717) is 4.83 Å². The smallest absolute Gasteiger partial charge is 0.0301 e. The van der Waals surface area contributed by atoms with E-state index in [4.69, 9.17) is 0 Å². The summed E-state index contributed by atoms with van der Waals surface area (Å²) >= 11 is 3.84. The molecule has 1 aliphatic rings. The summed E-state index contributed by atoms with van der Waals surface area (Å²) < 4.78 is 0. The highest BCUT2D eigenvalue weighted by Gasteiger charge is 2.25. The Labute approximate surface area is 113 Å². The van der Waals surface area contributed by atoms with Crippen LogP contribution in [0.2, 0.25) is 0 Å². The largest absolute Gasteiger partial charge is 0.302 e. The molecule has 94 valence electrons. The van der Waals surface area contributed by atoms with Crippen LogP contribution in [-0.2, 0) is 6.42 Å². The summed E-state index contributed by atoms with van der Waals surface area (Å²) in [5.41, 5.74) is 1.45. The van der Waals surface area contributed by atoms with Crippen molar-refractivity contribution in [3.05, 3.63) is 35.9 Å². The molecular formula is C15H22BrN. The van der Waals surface area contributed by atoms with Crippen LogP contribution in [0.25, 0.3) is 0 Å². The number of rotatable bonds is 4. The predicted molar refractivity (Wildman–Crippen MR) is 77.7 cm³/mol. The number of likely N-dealkylation sites (N-methyl/N-ethyl adjacent to an activating group) is 1. The molecule has 0 amide bonds. The van der Waals surface area contributed by atoms with Crippen LogP contribution < -0.4 is 0 Å². The Morgan fingerprint density at radius 2 is 1.88 bits per heavy atom. The van der Waals surface area contributed by atoms with Crippen molar-refractivity contribution >= 4 is 15.9 Å². The number of halogens is 1. The summed E-state index contributed by atoms with van der Waals surface area (Å²) in [5.74, 6) is 0. The van der Waals surface area contributed by atoms with Gasteiger partial charge in [-0.2, -0.15) is 0 Å². The maximum atomic E-state index is 3.84. The first kappa shape index (κ1) is 13.1. The first-order valence-corrected chi connectivity index (χ1v) is 7.57. The van der Waals surface area contributed by atoms with E-state index < -0.39 is 0 Å². The lowest BCUT2D eigenvalue weighted by molar-refractivity contribution is 0.202. The van der Waals surface area contributed by atoms with E-state index in [1.807, 2.05) is 0 Å². The fraction of sp³-hybridized carbons (Fsp3) is 0.600. The maximum absolute atomic E-state index is 3.84. The Kier molecular flexibility index (Phi) is 5.05. The first-order valence-electron chi connectivity index (χ1n) is 6.65. The Morgan fingerprint density at radius 1 is 1.18 bits per heavy atom. The monoisotopic (exact) mass is 295 g/mol. The third kappa shape index (κ3) is 3.82. The quantitative estimate of drug-likeness (QED) is 0.762. The van der Waals surface area contributed by atoms with E-state index in [1.165, 1.54) is 31.2 Å². The number of benzene rings is 1. The van der Waals surface area contributed by atoms with E-state index in [0.717, 1.165) is 19.0 Å². The third-order valence-corrected chi connectivity index (χ3v) is 4.88. The predicted octanol–water partition coefficient (Wildman–Crippen LogP) is 3.87. The van der Waals surface area contributed by atoms with E-state index in [2.05, 4.69) is 58.2 Å². The van der Waals surface area contributed by atoms with Gasteiger partial charge in [-0.1, -0.05) is 59.1 Å². The summed E-state index contributed by atoms with van der Waals surface area (Å²) in [7, 11) is 2.27. The molecule has 1 aromatic rings. The van der Waals surface area contributed by atoms with Crippen molar-refractivity contribution in [2.75, 3.05) is 13.6 Å². The van der Waals surface area contributed by atoms with Gasteiger partial charge in [0.05, 0.1) is 0 Å². The lowest BCUT2D eigenvalue weighted by Crippen LogP contribution is -2.41. The Morgan fingerprint density at radius 3 is 2.59 bits per heavy atom. The van der Waals surface area contributed by atoms with Gasteiger partial charge in [0.15, 0.2) is 0 Å². The van der Waals surface area contributed by atoms with Crippen molar-refractivity contribution in [3.8, 4) is 0 Å². The zero-order valence-electron chi connectivity index (χ0n) is 10.6. The van der Waals surface area contributed by atoms with Crippen molar-refractivity contribution in [1.82, 2.24) is 4.90 Å². The van der Waals surface area contributed by atoms with Crippen LogP contribution in [0.3, 0.4) is 0 Å². The van der Waals surface area contributed by atoms with E-state index in [-0.39, 0.29) is 0 Å². The van der Waals surface area contributed by atoms with E-state index in [9.17, 15) is 0 Å². The fourth-order valence-electron chi connectivity index (χ4n) is 2.68. The third-order valence-electron chi connectivity index (χ3n) is 3.81. The Balaban J connectivity index is 1.82. The van der Waals surface area contributed by atoms with Gasteiger partial charge in [0.25, 0.3) is 0 Å². The van der Waals surface area contributed by atoms with Gasteiger partial charge in [-0.25, -0.2) is 0 Å². The molecule has 2 rings (SSSR count). The molecule has 17 heavy (non-hydrogen) atoms. The molecule has 1 nitrogen and oxygen atoms in total. The average molecular weight is 296 g/mol. The minimum atomic E-state index is 0.692. The van der Waals surface area contributed by atoms with Crippen LogP contribution in [0.1, 0.15) is 31.2 Å². The van der Waals surface area contributed by atoms with Crippen LogP contribution in [0.15, 0.2) is 30.3 Å². The van der Waals surface area contributed by atoms with Crippen LogP contribution in [0, 0.1) is 0 Å². The van der Waals surface area contributed by atoms with Crippen LogP contribution in [0.4, 0.5) is 0 Å². The van der Waals surface area contributed by atoms with Gasteiger partial charge < -0.3 is 4.90 Å². The van der Waals surface area contributed by atoms with Gasteiger partial charge >= 0.3 is 0 Å². The molecule has 0 aromatic heterocycles. The molecule has 0 N–H and O–H groups in total. The second kappa shape index (κ2) is 6.55. The summed E-state index contributed by atoms with van der Waals surface area (Å²) in [4.78, 5) is 3.22.